The molecule has 1 amide bonds. The fourth-order valence-electron chi connectivity index (χ4n) is 3.66. The van der Waals surface area contributed by atoms with Crippen LogP contribution in [0.1, 0.15) is 48.2 Å². The average Bonchev–Trinajstić information content (AvgIpc) is 2.95. The molecule has 232 valence electrons. The van der Waals surface area contributed by atoms with Crippen LogP contribution in [0.4, 0.5) is 17.5 Å². The Bertz CT molecular complexity index is 1420. The zero-order valence-corrected chi connectivity index (χ0v) is 23.5. The standard InChI is InChI=1S/C20H22N8O5.C6H14N2O2/c1-28(9-11-8-23-17-15(24-11)16(21)26-20(22)27-17)12-4-2-10(3-5-12)18(31)25-13(19(32)33)6-7-14(29)30;7-4-2-1-3-5(8)6(9)10/h2-5,8,13H,6-7,9H2,1H3,(H,25,31)(H,29,30)(H,32,33)(H4,21,22,23,26,27);5H,1-4,7-8H2,(H,9,10)/t13-;/m0./s1. The highest BCUT2D eigenvalue weighted by molar-refractivity contribution is 5.97. The summed E-state index contributed by atoms with van der Waals surface area (Å²) < 4.78 is 0. The number of carboxylic acids is 3. The monoisotopic (exact) mass is 600 g/mol. The third kappa shape index (κ3) is 11.0. The van der Waals surface area contributed by atoms with Gasteiger partial charge < -0.3 is 48.5 Å². The highest BCUT2D eigenvalue weighted by Crippen LogP contribution is 2.19. The number of aliphatic carboxylic acids is 3. The van der Waals surface area contributed by atoms with Crippen molar-refractivity contribution in [3.8, 4) is 0 Å². The first-order valence-electron chi connectivity index (χ1n) is 13.1. The molecule has 3 rings (SSSR count). The van der Waals surface area contributed by atoms with Crippen LogP contribution in [0.15, 0.2) is 30.5 Å². The number of amides is 1. The SMILES string of the molecule is CN(Cc1cnc2nc(N)nc(N)c2n1)c1ccc(C(=O)N[C@@H](CCC(=O)O)C(=O)O)cc1.NCCCCC(N)C(=O)O. The number of rotatable bonds is 14. The quantitative estimate of drug-likeness (QED) is 0.111. The van der Waals surface area contributed by atoms with Gasteiger partial charge in [-0.3, -0.25) is 14.4 Å². The van der Waals surface area contributed by atoms with Crippen LogP contribution in [-0.4, -0.2) is 84.7 Å². The zero-order valence-electron chi connectivity index (χ0n) is 23.5. The molecule has 2 aromatic heterocycles. The van der Waals surface area contributed by atoms with Crippen LogP contribution in [0, 0.1) is 0 Å². The summed E-state index contributed by atoms with van der Waals surface area (Å²) in [5, 5.41) is 28.6. The van der Waals surface area contributed by atoms with Crippen molar-refractivity contribution in [2.75, 3.05) is 30.0 Å². The highest BCUT2D eigenvalue weighted by Gasteiger charge is 2.21. The Morgan fingerprint density at radius 2 is 1.63 bits per heavy atom. The molecule has 2 atom stereocenters. The van der Waals surface area contributed by atoms with E-state index in [2.05, 4.69) is 25.3 Å². The fraction of sp³-hybridized carbons (Fsp3) is 0.385. The number of carbonyl (C=O) groups is 4. The third-order valence-corrected chi connectivity index (χ3v) is 6.01. The summed E-state index contributed by atoms with van der Waals surface area (Å²) >= 11 is 0. The second kappa shape index (κ2) is 16.3. The summed E-state index contributed by atoms with van der Waals surface area (Å²) in [4.78, 5) is 62.8. The van der Waals surface area contributed by atoms with E-state index < -0.39 is 35.9 Å². The number of carboxylic acid groups (broad SMARTS) is 3. The summed E-state index contributed by atoms with van der Waals surface area (Å²) in [5.74, 6) is -3.84. The zero-order chi connectivity index (χ0) is 32.1. The van der Waals surface area contributed by atoms with Crippen molar-refractivity contribution in [2.45, 2.75) is 50.7 Å². The Morgan fingerprint density at radius 3 is 2.21 bits per heavy atom. The van der Waals surface area contributed by atoms with Gasteiger partial charge in [-0.05, 0) is 50.1 Å². The first-order chi connectivity index (χ1) is 20.3. The van der Waals surface area contributed by atoms with Crippen molar-refractivity contribution in [2.24, 2.45) is 11.5 Å². The molecule has 0 bridgehead atoms. The molecule has 0 radical (unpaired) electrons. The maximum absolute atomic E-state index is 12.4. The lowest BCUT2D eigenvalue weighted by Gasteiger charge is -2.19. The molecule has 17 heteroatoms. The fourth-order valence-corrected chi connectivity index (χ4v) is 3.66. The maximum Gasteiger partial charge on any atom is 0.326 e. The van der Waals surface area contributed by atoms with Crippen LogP contribution < -0.4 is 33.2 Å². The topological polar surface area (TPSA) is 300 Å². The molecule has 0 saturated heterocycles. The lowest BCUT2D eigenvalue weighted by atomic mass is 10.1. The van der Waals surface area contributed by atoms with Gasteiger partial charge in [0.2, 0.25) is 5.95 Å². The van der Waals surface area contributed by atoms with Crippen molar-refractivity contribution >= 4 is 52.4 Å². The number of hydrogen-bond acceptors (Lipinski definition) is 13. The average molecular weight is 601 g/mol. The Balaban J connectivity index is 0.000000553. The van der Waals surface area contributed by atoms with E-state index in [0.717, 1.165) is 18.5 Å². The molecule has 0 spiro atoms. The van der Waals surface area contributed by atoms with Crippen LogP contribution in [0.5, 0.6) is 0 Å². The Hall–Kier alpha value is -5.16. The molecule has 1 unspecified atom stereocenters. The number of nitrogens with two attached hydrogens (primary N) is 4. The summed E-state index contributed by atoms with van der Waals surface area (Å²) in [6.07, 6.45) is 3.13. The number of nitrogens with one attached hydrogen (secondary N) is 1. The van der Waals surface area contributed by atoms with Gasteiger partial charge in [-0.25, -0.2) is 14.8 Å². The molecule has 1 aromatic carbocycles. The Kier molecular flexibility index (Phi) is 12.9. The molecule has 17 nitrogen and oxygen atoms in total. The minimum Gasteiger partial charge on any atom is -0.481 e. The number of hydrogen-bond donors (Lipinski definition) is 8. The number of nitrogens with zero attached hydrogens (tertiary/aromatic N) is 5. The first kappa shape index (κ1) is 34.0. The van der Waals surface area contributed by atoms with Gasteiger partial charge in [0.05, 0.1) is 18.4 Å². The predicted molar refractivity (Wildman–Crippen MR) is 157 cm³/mol. The van der Waals surface area contributed by atoms with E-state index in [0.29, 0.717) is 36.4 Å². The smallest absolute Gasteiger partial charge is 0.326 e. The molecule has 2 heterocycles. The van der Waals surface area contributed by atoms with Crippen molar-refractivity contribution in [1.29, 1.82) is 0 Å². The predicted octanol–water partition coefficient (Wildman–Crippen LogP) is -0.204. The second-order valence-corrected chi connectivity index (χ2v) is 9.43. The summed E-state index contributed by atoms with van der Waals surface area (Å²) in [6, 6.07) is 4.44. The first-order valence-corrected chi connectivity index (χ1v) is 13.1. The van der Waals surface area contributed by atoms with E-state index >= 15 is 0 Å². The summed E-state index contributed by atoms with van der Waals surface area (Å²) in [6.45, 7) is 0.973. The second-order valence-electron chi connectivity index (χ2n) is 9.43. The van der Waals surface area contributed by atoms with Crippen LogP contribution in [-0.2, 0) is 20.9 Å². The Morgan fingerprint density at radius 1 is 0.953 bits per heavy atom. The van der Waals surface area contributed by atoms with E-state index in [9.17, 15) is 24.3 Å². The van der Waals surface area contributed by atoms with Gasteiger partial charge >= 0.3 is 17.9 Å². The summed E-state index contributed by atoms with van der Waals surface area (Å²) in [7, 11) is 1.82. The number of nitrogen functional groups attached to an aromatic ring is 2. The maximum atomic E-state index is 12.4. The van der Waals surface area contributed by atoms with Crippen LogP contribution in [0.25, 0.3) is 11.2 Å². The van der Waals surface area contributed by atoms with Crippen molar-refractivity contribution in [3.63, 3.8) is 0 Å². The van der Waals surface area contributed by atoms with Gasteiger partial charge in [0.1, 0.15) is 12.1 Å². The van der Waals surface area contributed by atoms with Gasteiger partial charge in [-0.2, -0.15) is 9.97 Å². The molecular weight excluding hydrogens is 564 g/mol. The lowest BCUT2D eigenvalue weighted by Crippen LogP contribution is -2.41. The third-order valence-electron chi connectivity index (χ3n) is 6.01. The minimum absolute atomic E-state index is 0.0138. The number of fused-ring (bicyclic) bond motifs is 1. The van der Waals surface area contributed by atoms with Crippen molar-refractivity contribution < 1.29 is 34.5 Å². The molecule has 0 fully saturated rings. The van der Waals surface area contributed by atoms with E-state index in [1.54, 1.807) is 18.3 Å². The molecule has 43 heavy (non-hydrogen) atoms. The lowest BCUT2D eigenvalue weighted by molar-refractivity contribution is -0.141. The molecule has 3 aromatic rings. The molecule has 12 N–H and O–H groups in total. The van der Waals surface area contributed by atoms with E-state index in [4.69, 9.17) is 33.1 Å². The van der Waals surface area contributed by atoms with Crippen molar-refractivity contribution in [3.05, 3.63) is 41.7 Å². The largest absolute Gasteiger partial charge is 0.481 e. The normalized spacial score (nSPS) is 12.0. The minimum atomic E-state index is -1.30. The number of aromatic nitrogens is 4. The number of unbranched alkanes of at least 4 members (excludes halogenated alkanes) is 1. The van der Waals surface area contributed by atoms with Gasteiger partial charge in [-0.1, -0.05) is 6.42 Å². The van der Waals surface area contributed by atoms with Crippen LogP contribution in [0.3, 0.4) is 0 Å². The van der Waals surface area contributed by atoms with Gasteiger partial charge in [0.25, 0.3) is 5.91 Å². The van der Waals surface area contributed by atoms with E-state index in [-0.39, 0.29) is 30.2 Å². The van der Waals surface area contributed by atoms with Crippen molar-refractivity contribution in [1.82, 2.24) is 25.3 Å². The number of benzene rings is 1. The van der Waals surface area contributed by atoms with Gasteiger partial charge in [-0.15, -0.1) is 0 Å². The van der Waals surface area contributed by atoms with E-state index in [1.807, 2.05) is 11.9 Å². The molecule has 0 saturated carbocycles. The van der Waals surface area contributed by atoms with Crippen LogP contribution in [0.2, 0.25) is 0 Å². The Labute approximate surface area is 246 Å². The van der Waals surface area contributed by atoms with Gasteiger partial charge in [0, 0.05) is 24.7 Å². The van der Waals surface area contributed by atoms with Gasteiger partial charge in [0.15, 0.2) is 17.0 Å². The molecule has 0 aliphatic heterocycles. The summed E-state index contributed by atoms with van der Waals surface area (Å²) in [5.41, 5.74) is 24.1. The van der Waals surface area contributed by atoms with Crippen LogP contribution >= 0.6 is 0 Å². The van der Waals surface area contributed by atoms with E-state index in [1.165, 1.54) is 12.1 Å². The highest BCUT2D eigenvalue weighted by atomic mass is 16.4. The molecular formula is C26H36N10O7. The number of anilines is 3. The molecule has 0 aliphatic rings. The number of carbonyl (C=O) groups excluding carboxylic acids is 1. The molecule has 0 aliphatic carbocycles.